The van der Waals surface area contributed by atoms with E-state index in [1.807, 2.05) is 43.4 Å². The Kier molecular flexibility index (Phi) is 5.34. The van der Waals surface area contributed by atoms with Gasteiger partial charge in [0.05, 0.1) is 12.6 Å². The molecule has 3 heteroatoms. The first-order chi connectivity index (χ1) is 10.2. The number of ether oxygens (including phenoxy) is 1. The molecular formula is C18H22FNO. The third-order valence-corrected chi connectivity index (χ3v) is 3.51. The van der Waals surface area contributed by atoms with Gasteiger partial charge in [-0.1, -0.05) is 37.3 Å². The summed E-state index contributed by atoms with van der Waals surface area (Å²) in [6.07, 6.45) is 0.956. The maximum Gasteiger partial charge on any atom is 0.126 e. The molecule has 1 unspecified atom stereocenters. The zero-order valence-electron chi connectivity index (χ0n) is 12.8. The highest BCUT2D eigenvalue weighted by Crippen LogP contribution is 2.30. The maximum atomic E-state index is 13.8. The van der Waals surface area contributed by atoms with Gasteiger partial charge in [0.25, 0.3) is 0 Å². The Morgan fingerprint density at radius 2 is 1.95 bits per heavy atom. The van der Waals surface area contributed by atoms with Gasteiger partial charge in [-0.15, -0.1) is 0 Å². The van der Waals surface area contributed by atoms with Crippen LogP contribution in [0.3, 0.4) is 0 Å². The van der Waals surface area contributed by atoms with E-state index in [4.69, 9.17) is 4.74 Å². The van der Waals surface area contributed by atoms with Crippen LogP contribution in [-0.2, 0) is 0 Å². The molecule has 2 rings (SSSR count). The van der Waals surface area contributed by atoms with E-state index in [1.165, 1.54) is 0 Å². The van der Waals surface area contributed by atoms with Crippen molar-refractivity contribution in [1.29, 1.82) is 0 Å². The third-order valence-electron chi connectivity index (χ3n) is 3.51. The molecule has 0 aliphatic rings. The van der Waals surface area contributed by atoms with Crippen LogP contribution >= 0.6 is 0 Å². The standard InChI is InChI=1S/C18H22FNO/c1-4-11-21-17-8-6-5-7-15(17)18(20-3)14-10-9-13(2)16(19)12-14/h5-10,12,18,20H,4,11H2,1-3H3. The van der Waals surface area contributed by atoms with Gasteiger partial charge in [0.2, 0.25) is 0 Å². The molecule has 2 nitrogen and oxygen atoms in total. The summed E-state index contributed by atoms with van der Waals surface area (Å²) in [5, 5.41) is 3.25. The molecule has 0 saturated heterocycles. The number of hydrogen-bond donors (Lipinski definition) is 1. The van der Waals surface area contributed by atoms with Crippen molar-refractivity contribution in [3.8, 4) is 5.75 Å². The number of hydrogen-bond acceptors (Lipinski definition) is 2. The van der Waals surface area contributed by atoms with E-state index in [1.54, 1.807) is 13.0 Å². The third kappa shape index (κ3) is 3.61. The fraction of sp³-hybridized carbons (Fsp3) is 0.333. The number of para-hydroxylation sites is 1. The topological polar surface area (TPSA) is 21.3 Å². The van der Waals surface area contributed by atoms with Crippen LogP contribution in [0.4, 0.5) is 4.39 Å². The van der Waals surface area contributed by atoms with E-state index < -0.39 is 0 Å². The van der Waals surface area contributed by atoms with Crippen LogP contribution in [0.1, 0.15) is 36.1 Å². The zero-order valence-corrected chi connectivity index (χ0v) is 12.8. The molecule has 1 atom stereocenters. The van der Waals surface area contributed by atoms with E-state index in [-0.39, 0.29) is 11.9 Å². The summed E-state index contributed by atoms with van der Waals surface area (Å²) in [6.45, 7) is 4.52. The first-order valence-electron chi connectivity index (χ1n) is 7.32. The van der Waals surface area contributed by atoms with Crippen LogP contribution < -0.4 is 10.1 Å². The first-order valence-corrected chi connectivity index (χ1v) is 7.32. The molecule has 0 heterocycles. The highest BCUT2D eigenvalue weighted by Gasteiger charge is 2.17. The van der Waals surface area contributed by atoms with Gasteiger partial charge in [0.15, 0.2) is 0 Å². The highest BCUT2D eigenvalue weighted by molar-refractivity contribution is 5.42. The lowest BCUT2D eigenvalue weighted by atomic mass is 9.97. The molecule has 0 aliphatic heterocycles. The average Bonchev–Trinajstić information content (AvgIpc) is 2.50. The van der Waals surface area contributed by atoms with Gasteiger partial charge in [0.1, 0.15) is 11.6 Å². The van der Waals surface area contributed by atoms with Crippen LogP contribution in [0.2, 0.25) is 0 Å². The van der Waals surface area contributed by atoms with Crippen molar-refractivity contribution in [1.82, 2.24) is 5.32 Å². The second kappa shape index (κ2) is 7.23. The number of benzene rings is 2. The van der Waals surface area contributed by atoms with Crippen LogP contribution in [0.5, 0.6) is 5.75 Å². The maximum absolute atomic E-state index is 13.8. The Morgan fingerprint density at radius 1 is 1.19 bits per heavy atom. The molecule has 0 aromatic heterocycles. The van der Waals surface area contributed by atoms with Crippen molar-refractivity contribution in [3.05, 3.63) is 65.0 Å². The van der Waals surface area contributed by atoms with Crippen molar-refractivity contribution in [2.45, 2.75) is 26.3 Å². The monoisotopic (exact) mass is 287 g/mol. The summed E-state index contributed by atoms with van der Waals surface area (Å²) in [5.41, 5.74) is 2.58. The lowest BCUT2D eigenvalue weighted by molar-refractivity contribution is 0.312. The molecule has 0 bridgehead atoms. The molecule has 112 valence electrons. The molecule has 1 N–H and O–H groups in total. The smallest absolute Gasteiger partial charge is 0.126 e. The zero-order chi connectivity index (χ0) is 15.2. The quantitative estimate of drug-likeness (QED) is 0.858. The van der Waals surface area contributed by atoms with Crippen LogP contribution in [0.25, 0.3) is 0 Å². The summed E-state index contributed by atoms with van der Waals surface area (Å²) in [5.74, 6) is 0.666. The van der Waals surface area contributed by atoms with E-state index in [0.717, 1.165) is 23.3 Å². The van der Waals surface area contributed by atoms with Crippen molar-refractivity contribution in [2.24, 2.45) is 0 Å². The van der Waals surface area contributed by atoms with Crippen LogP contribution in [0, 0.1) is 12.7 Å². The van der Waals surface area contributed by atoms with E-state index >= 15 is 0 Å². The lowest BCUT2D eigenvalue weighted by Crippen LogP contribution is -2.19. The molecule has 2 aromatic carbocycles. The number of halogens is 1. The Morgan fingerprint density at radius 3 is 2.62 bits per heavy atom. The summed E-state index contributed by atoms with van der Waals surface area (Å²) >= 11 is 0. The summed E-state index contributed by atoms with van der Waals surface area (Å²) in [7, 11) is 1.87. The summed E-state index contributed by atoms with van der Waals surface area (Å²) in [6, 6.07) is 13.2. The SMILES string of the molecule is CCCOc1ccccc1C(NC)c1ccc(C)c(F)c1. The minimum Gasteiger partial charge on any atom is -0.493 e. The summed E-state index contributed by atoms with van der Waals surface area (Å²) in [4.78, 5) is 0. The van der Waals surface area contributed by atoms with E-state index in [0.29, 0.717) is 12.2 Å². The largest absolute Gasteiger partial charge is 0.493 e. The minimum absolute atomic E-state index is 0.0897. The molecule has 0 radical (unpaired) electrons. The fourth-order valence-corrected chi connectivity index (χ4v) is 2.35. The lowest BCUT2D eigenvalue weighted by Gasteiger charge is -2.21. The second-order valence-corrected chi connectivity index (χ2v) is 5.12. The molecule has 0 fully saturated rings. The molecular weight excluding hydrogens is 265 g/mol. The van der Waals surface area contributed by atoms with Gasteiger partial charge in [-0.2, -0.15) is 0 Å². The molecule has 0 spiro atoms. The van der Waals surface area contributed by atoms with Crippen LogP contribution in [0.15, 0.2) is 42.5 Å². The van der Waals surface area contributed by atoms with E-state index in [2.05, 4.69) is 12.2 Å². The highest BCUT2D eigenvalue weighted by atomic mass is 19.1. The molecule has 0 aliphatic carbocycles. The predicted octanol–water partition coefficient (Wildman–Crippen LogP) is 4.23. The minimum atomic E-state index is -0.181. The average molecular weight is 287 g/mol. The number of nitrogens with one attached hydrogen (secondary N) is 1. The molecule has 0 amide bonds. The predicted molar refractivity (Wildman–Crippen MR) is 84.3 cm³/mol. The molecule has 2 aromatic rings. The van der Waals surface area contributed by atoms with Crippen LogP contribution in [-0.4, -0.2) is 13.7 Å². The normalized spacial score (nSPS) is 12.2. The number of aryl methyl sites for hydroxylation is 1. The Hall–Kier alpha value is -1.87. The molecule has 0 saturated carbocycles. The van der Waals surface area contributed by atoms with Gasteiger partial charge < -0.3 is 10.1 Å². The summed E-state index contributed by atoms with van der Waals surface area (Å²) < 4.78 is 19.6. The number of rotatable bonds is 6. The van der Waals surface area contributed by atoms with Crippen molar-refractivity contribution < 1.29 is 9.13 Å². The first kappa shape index (κ1) is 15.5. The van der Waals surface area contributed by atoms with Gasteiger partial charge in [-0.3, -0.25) is 0 Å². The van der Waals surface area contributed by atoms with E-state index in [9.17, 15) is 4.39 Å². The van der Waals surface area contributed by atoms with Gasteiger partial charge in [0, 0.05) is 5.56 Å². The Labute approximate surface area is 126 Å². The van der Waals surface area contributed by atoms with Gasteiger partial charge in [-0.05, 0) is 43.7 Å². The van der Waals surface area contributed by atoms with Crippen molar-refractivity contribution in [2.75, 3.05) is 13.7 Å². The Bertz CT molecular complexity index is 598. The Balaban J connectivity index is 2.38. The van der Waals surface area contributed by atoms with Crippen molar-refractivity contribution >= 4 is 0 Å². The van der Waals surface area contributed by atoms with Gasteiger partial charge in [-0.25, -0.2) is 4.39 Å². The second-order valence-electron chi connectivity index (χ2n) is 5.12. The molecule has 21 heavy (non-hydrogen) atoms. The van der Waals surface area contributed by atoms with Gasteiger partial charge >= 0.3 is 0 Å². The van der Waals surface area contributed by atoms with Crippen molar-refractivity contribution in [3.63, 3.8) is 0 Å². The fourth-order valence-electron chi connectivity index (χ4n) is 2.35.